The largest absolute Gasteiger partial charge is 0.376 e. The number of aryl methyl sites for hydroxylation is 1. The third-order valence-electron chi connectivity index (χ3n) is 5.28. The Balaban J connectivity index is 1.51. The SMILES string of the molecule is CCC(=O)Nc1cccc(NCC(=O)Nc2cccc(NC(=O)CCc3ccccc3)c2)c1C. The van der Waals surface area contributed by atoms with Gasteiger partial charge in [0.1, 0.15) is 0 Å². The Morgan fingerprint density at radius 2 is 1.35 bits per heavy atom. The van der Waals surface area contributed by atoms with Crippen LogP contribution in [0.15, 0.2) is 72.8 Å². The van der Waals surface area contributed by atoms with E-state index in [1.165, 1.54) is 0 Å². The third kappa shape index (κ3) is 7.48. The second kappa shape index (κ2) is 12.2. The van der Waals surface area contributed by atoms with Crippen LogP contribution in [-0.2, 0) is 20.8 Å². The van der Waals surface area contributed by atoms with Crippen LogP contribution in [0.3, 0.4) is 0 Å². The highest BCUT2D eigenvalue weighted by molar-refractivity contribution is 5.96. The van der Waals surface area contributed by atoms with Gasteiger partial charge in [-0.1, -0.05) is 49.4 Å². The number of rotatable bonds is 10. The Morgan fingerprint density at radius 1 is 0.706 bits per heavy atom. The van der Waals surface area contributed by atoms with Crippen molar-refractivity contribution in [2.75, 3.05) is 27.8 Å². The summed E-state index contributed by atoms with van der Waals surface area (Å²) in [4.78, 5) is 36.4. The summed E-state index contributed by atoms with van der Waals surface area (Å²) in [7, 11) is 0. The van der Waals surface area contributed by atoms with Crippen LogP contribution in [0.1, 0.15) is 30.9 Å². The van der Waals surface area contributed by atoms with E-state index in [4.69, 9.17) is 0 Å². The first-order chi connectivity index (χ1) is 16.4. The van der Waals surface area contributed by atoms with Crippen molar-refractivity contribution in [1.82, 2.24) is 0 Å². The first-order valence-electron chi connectivity index (χ1n) is 11.3. The maximum Gasteiger partial charge on any atom is 0.243 e. The molecule has 0 heterocycles. The summed E-state index contributed by atoms with van der Waals surface area (Å²) in [6.45, 7) is 3.73. The van der Waals surface area contributed by atoms with Crippen LogP contribution in [0.2, 0.25) is 0 Å². The molecular formula is C27H30N4O3. The van der Waals surface area contributed by atoms with Crippen LogP contribution >= 0.6 is 0 Å². The Kier molecular flexibility index (Phi) is 8.80. The van der Waals surface area contributed by atoms with E-state index < -0.39 is 0 Å². The maximum absolute atomic E-state index is 12.5. The fourth-order valence-electron chi connectivity index (χ4n) is 3.38. The predicted molar refractivity (Wildman–Crippen MR) is 137 cm³/mol. The summed E-state index contributed by atoms with van der Waals surface area (Å²) in [6.07, 6.45) is 1.44. The zero-order valence-corrected chi connectivity index (χ0v) is 19.5. The second-order valence-corrected chi connectivity index (χ2v) is 7.90. The van der Waals surface area contributed by atoms with Gasteiger partial charge in [0, 0.05) is 35.6 Å². The van der Waals surface area contributed by atoms with Gasteiger partial charge in [0.05, 0.1) is 6.54 Å². The van der Waals surface area contributed by atoms with Crippen LogP contribution in [0, 0.1) is 6.92 Å². The normalized spacial score (nSPS) is 10.3. The van der Waals surface area contributed by atoms with Gasteiger partial charge in [-0.3, -0.25) is 14.4 Å². The lowest BCUT2D eigenvalue weighted by molar-refractivity contribution is -0.116. The molecule has 0 unspecified atom stereocenters. The molecular weight excluding hydrogens is 428 g/mol. The molecule has 0 fully saturated rings. The number of hydrogen-bond donors (Lipinski definition) is 4. The van der Waals surface area contributed by atoms with E-state index in [9.17, 15) is 14.4 Å². The Morgan fingerprint density at radius 3 is 2.06 bits per heavy atom. The first kappa shape index (κ1) is 24.5. The molecule has 0 aliphatic carbocycles. The smallest absolute Gasteiger partial charge is 0.243 e. The van der Waals surface area contributed by atoms with E-state index in [0.717, 1.165) is 16.8 Å². The minimum absolute atomic E-state index is 0.0552. The van der Waals surface area contributed by atoms with Gasteiger partial charge in [0.15, 0.2) is 0 Å². The van der Waals surface area contributed by atoms with Gasteiger partial charge in [-0.15, -0.1) is 0 Å². The van der Waals surface area contributed by atoms with Crippen molar-refractivity contribution < 1.29 is 14.4 Å². The standard InChI is InChI=1S/C27H30N4O3/c1-3-25(32)31-24-14-8-13-23(19(24)2)28-18-27(34)30-22-12-7-11-21(17-22)29-26(33)16-15-20-9-5-4-6-10-20/h4-14,17,28H,3,15-16,18H2,1-2H3,(H,29,33)(H,30,34)(H,31,32). The molecule has 4 N–H and O–H groups in total. The molecule has 0 aliphatic heterocycles. The molecule has 0 spiro atoms. The van der Waals surface area contributed by atoms with E-state index in [-0.39, 0.29) is 24.3 Å². The minimum atomic E-state index is -0.227. The molecule has 34 heavy (non-hydrogen) atoms. The summed E-state index contributed by atoms with van der Waals surface area (Å²) >= 11 is 0. The van der Waals surface area contributed by atoms with Gasteiger partial charge >= 0.3 is 0 Å². The highest BCUT2D eigenvalue weighted by atomic mass is 16.2. The van der Waals surface area contributed by atoms with E-state index in [1.807, 2.05) is 55.5 Å². The Labute approximate surface area is 200 Å². The van der Waals surface area contributed by atoms with E-state index in [1.54, 1.807) is 31.2 Å². The van der Waals surface area contributed by atoms with Gasteiger partial charge in [0.25, 0.3) is 0 Å². The number of amides is 3. The van der Waals surface area contributed by atoms with E-state index in [2.05, 4.69) is 21.3 Å². The molecule has 176 valence electrons. The summed E-state index contributed by atoms with van der Waals surface area (Å²) in [5.74, 6) is -0.375. The van der Waals surface area contributed by atoms with Crippen molar-refractivity contribution in [3.05, 3.63) is 83.9 Å². The molecule has 7 heteroatoms. The molecule has 3 aromatic carbocycles. The van der Waals surface area contributed by atoms with Crippen molar-refractivity contribution in [2.24, 2.45) is 0 Å². The maximum atomic E-state index is 12.5. The number of anilines is 4. The lowest BCUT2D eigenvalue weighted by Gasteiger charge is -2.14. The Bertz CT molecular complexity index is 1150. The highest BCUT2D eigenvalue weighted by Crippen LogP contribution is 2.23. The van der Waals surface area contributed by atoms with Gasteiger partial charge in [-0.05, 0) is 54.8 Å². The van der Waals surface area contributed by atoms with Gasteiger partial charge < -0.3 is 21.3 Å². The fourth-order valence-corrected chi connectivity index (χ4v) is 3.38. The lowest BCUT2D eigenvalue weighted by Crippen LogP contribution is -2.22. The molecule has 0 aliphatic rings. The van der Waals surface area contributed by atoms with Crippen LogP contribution in [0.4, 0.5) is 22.7 Å². The van der Waals surface area contributed by atoms with Crippen molar-refractivity contribution in [3.8, 4) is 0 Å². The second-order valence-electron chi connectivity index (χ2n) is 7.90. The van der Waals surface area contributed by atoms with Crippen molar-refractivity contribution >= 4 is 40.5 Å². The number of hydrogen-bond acceptors (Lipinski definition) is 4. The molecule has 7 nitrogen and oxygen atoms in total. The van der Waals surface area contributed by atoms with E-state index in [0.29, 0.717) is 36.3 Å². The van der Waals surface area contributed by atoms with Crippen LogP contribution in [-0.4, -0.2) is 24.3 Å². The third-order valence-corrected chi connectivity index (χ3v) is 5.28. The van der Waals surface area contributed by atoms with Crippen molar-refractivity contribution in [3.63, 3.8) is 0 Å². The van der Waals surface area contributed by atoms with Crippen LogP contribution in [0.25, 0.3) is 0 Å². The van der Waals surface area contributed by atoms with Gasteiger partial charge in [0.2, 0.25) is 17.7 Å². The number of benzene rings is 3. The monoisotopic (exact) mass is 458 g/mol. The molecule has 0 saturated heterocycles. The average Bonchev–Trinajstić information content (AvgIpc) is 2.84. The molecule has 0 saturated carbocycles. The summed E-state index contributed by atoms with van der Waals surface area (Å²) < 4.78 is 0. The minimum Gasteiger partial charge on any atom is -0.376 e. The molecule has 0 bridgehead atoms. The topological polar surface area (TPSA) is 99.3 Å². The summed E-state index contributed by atoms with van der Waals surface area (Å²) in [6, 6.07) is 22.4. The number of carbonyl (C=O) groups excluding carboxylic acids is 3. The first-order valence-corrected chi connectivity index (χ1v) is 11.3. The quantitative estimate of drug-likeness (QED) is 0.345. The lowest BCUT2D eigenvalue weighted by atomic mass is 10.1. The molecule has 3 aromatic rings. The van der Waals surface area contributed by atoms with Crippen molar-refractivity contribution in [2.45, 2.75) is 33.1 Å². The number of carbonyl (C=O) groups is 3. The predicted octanol–water partition coefficient (Wildman–Crippen LogP) is 4.97. The molecule has 0 aromatic heterocycles. The van der Waals surface area contributed by atoms with Crippen molar-refractivity contribution in [1.29, 1.82) is 0 Å². The summed E-state index contributed by atoms with van der Waals surface area (Å²) in [5.41, 5.74) is 4.67. The van der Waals surface area contributed by atoms with Gasteiger partial charge in [-0.25, -0.2) is 0 Å². The van der Waals surface area contributed by atoms with Gasteiger partial charge in [-0.2, -0.15) is 0 Å². The molecule has 3 amide bonds. The van der Waals surface area contributed by atoms with Crippen LogP contribution in [0.5, 0.6) is 0 Å². The Hall–Kier alpha value is -4.13. The molecule has 0 radical (unpaired) electrons. The molecule has 0 atom stereocenters. The zero-order chi connectivity index (χ0) is 24.3. The fraction of sp³-hybridized carbons (Fsp3) is 0.222. The average molecular weight is 459 g/mol. The van der Waals surface area contributed by atoms with Crippen LogP contribution < -0.4 is 21.3 Å². The zero-order valence-electron chi connectivity index (χ0n) is 19.5. The van der Waals surface area contributed by atoms with E-state index >= 15 is 0 Å². The highest BCUT2D eigenvalue weighted by Gasteiger charge is 2.09. The summed E-state index contributed by atoms with van der Waals surface area (Å²) in [5, 5.41) is 11.7. The number of nitrogens with one attached hydrogen (secondary N) is 4. The molecule has 3 rings (SSSR count).